The van der Waals surface area contributed by atoms with Crippen molar-refractivity contribution in [3.8, 4) is 11.4 Å². The molecule has 8 heteroatoms. The molecule has 1 aromatic carbocycles. The summed E-state index contributed by atoms with van der Waals surface area (Å²) in [6.07, 6.45) is -4.57. The third-order valence-corrected chi connectivity index (χ3v) is 2.52. The lowest BCUT2D eigenvalue weighted by Crippen LogP contribution is -2.16. The summed E-state index contributed by atoms with van der Waals surface area (Å²) in [5.74, 6) is 0.538. The molecule has 102 valence electrons. The first-order valence-corrected chi connectivity index (χ1v) is 5.33. The van der Waals surface area contributed by atoms with E-state index < -0.39 is 11.9 Å². The number of alkyl halides is 3. The smallest absolute Gasteiger partial charge is 0.435 e. The molecule has 0 unspecified atom stereocenters. The lowest BCUT2D eigenvalue weighted by atomic mass is 10.2. The van der Waals surface area contributed by atoms with Crippen molar-refractivity contribution in [1.29, 1.82) is 0 Å². The lowest BCUT2D eigenvalue weighted by molar-refractivity contribution is -0.143. The molecule has 0 fully saturated rings. The van der Waals surface area contributed by atoms with Crippen LogP contribution in [0.25, 0.3) is 5.69 Å². The Morgan fingerprint density at radius 3 is 2.37 bits per heavy atom. The molecule has 1 heterocycles. The molecule has 0 aliphatic rings. The Morgan fingerprint density at radius 2 is 1.89 bits per heavy atom. The van der Waals surface area contributed by atoms with E-state index in [0.29, 0.717) is 5.75 Å². The van der Waals surface area contributed by atoms with Gasteiger partial charge in [0.05, 0.1) is 12.8 Å². The SMILES string of the molecule is COc1ccc(-n2nnc(CN)c2C(F)(F)F)cc1. The molecule has 0 radical (unpaired) electrons. The van der Waals surface area contributed by atoms with Gasteiger partial charge in [-0.05, 0) is 24.3 Å². The first-order chi connectivity index (χ1) is 8.97. The number of benzene rings is 1. The van der Waals surface area contributed by atoms with Crippen LogP contribution in [0.1, 0.15) is 11.4 Å². The average Bonchev–Trinajstić information content (AvgIpc) is 2.82. The minimum absolute atomic E-state index is 0.236. The number of nitrogens with two attached hydrogens (primary N) is 1. The molecule has 5 nitrogen and oxygen atoms in total. The average molecular weight is 272 g/mol. The number of methoxy groups -OCH3 is 1. The van der Waals surface area contributed by atoms with Gasteiger partial charge in [0.15, 0.2) is 5.69 Å². The fourth-order valence-corrected chi connectivity index (χ4v) is 1.64. The van der Waals surface area contributed by atoms with Crippen molar-refractivity contribution < 1.29 is 17.9 Å². The number of ether oxygens (including phenoxy) is 1. The van der Waals surface area contributed by atoms with Crippen LogP contribution >= 0.6 is 0 Å². The first-order valence-electron chi connectivity index (χ1n) is 5.33. The maximum Gasteiger partial charge on any atom is 0.435 e. The second-order valence-electron chi connectivity index (χ2n) is 3.70. The molecule has 2 aromatic rings. The predicted octanol–water partition coefficient (Wildman–Crippen LogP) is 1.75. The van der Waals surface area contributed by atoms with Crippen LogP contribution in [0.5, 0.6) is 5.75 Å². The standard InChI is InChI=1S/C11H11F3N4O/c1-19-8-4-2-7(3-5-8)18-10(11(12,13)14)9(6-15)16-17-18/h2-5H,6,15H2,1H3. The summed E-state index contributed by atoms with van der Waals surface area (Å²) >= 11 is 0. The molecule has 1 aromatic heterocycles. The monoisotopic (exact) mass is 272 g/mol. The summed E-state index contributed by atoms with van der Waals surface area (Å²) in [6, 6.07) is 6.00. The van der Waals surface area contributed by atoms with Gasteiger partial charge in [0.25, 0.3) is 0 Å². The van der Waals surface area contributed by atoms with Crippen molar-refractivity contribution in [2.45, 2.75) is 12.7 Å². The molecule has 0 bridgehead atoms. The van der Waals surface area contributed by atoms with Crippen LogP contribution in [-0.4, -0.2) is 22.1 Å². The van der Waals surface area contributed by atoms with Gasteiger partial charge in [-0.3, -0.25) is 0 Å². The molecule has 0 spiro atoms. The van der Waals surface area contributed by atoms with Gasteiger partial charge < -0.3 is 10.5 Å². The fourth-order valence-electron chi connectivity index (χ4n) is 1.64. The lowest BCUT2D eigenvalue weighted by Gasteiger charge is -2.11. The van der Waals surface area contributed by atoms with Crippen LogP contribution in [0.2, 0.25) is 0 Å². The van der Waals surface area contributed by atoms with Gasteiger partial charge in [-0.2, -0.15) is 13.2 Å². The second-order valence-corrected chi connectivity index (χ2v) is 3.70. The topological polar surface area (TPSA) is 66.0 Å². The number of hydrogen-bond acceptors (Lipinski definition) is 4. The van der Waals surface area contributed by atoms with Crippen molar-refractivity contribution in [1.82, 2.24) is 15.0 Å². The summed E-state index contributed by atoms with van der Waals surface area (Å²) in [6.45, 7) is -0.328. The summed E-state index contributed by atoms with van der Waals surface area (Å²) in [5.41, 5.74) is 4.24. The van der Waals surface area contributed by atoms with Crippen LogP contribution in [0.4, 0.5) is 13.2 Å². The second kappa shape index (κ2) is 4.88. The normalized spacial score (nSPS) is 11.6. The van der Waals surface area contributed by atoms with Gasteiger partial charge in [0.1, 0.15) is 11.4 Å². The number of aromatic nitrogens is 3. The number of rotatable bonds is 3. The van der Waals surface area contributed by atoms with E-state index in [2.05, 4.69) is 10.3 Å². The van der Waals surface area contributed by atoms with Crippen LogP contribution < -0.4 is 10.5 Å². The molecular formula is C11H11F3N4O. The van der Waals surface area contributed by atoms with Crippen LogP contribution in [0.3, 0.4) is 0 Å². The molecule has 0 aliphatic heterocycles. The van der Waals surface area contributed by atoms with Gasteiger partial charge in [-0.15, -0.1) is 5.10 Å². The number of nitrogens with zero attached hydrogens (tertiary/aromatic N) is 3. The highest BCUT2D eigenvalue weighted by molar-refractivity contribution is 5.38. The largest absolute Gasteiger partial charge is 0.497 e. The van der Waals surface area contributed by atoms with E-state index in [0.717, 1.165) is 4.68 Å². The summed E-state index contributed by atoms with van der Waals surface area (Å²) in [4.78, 5) is 0. The third kappa shape index (κ3) is 2.53. The molecule has 0 atom stereocenters. The molecule has 2 rings (SSSR count). The van der Waals surface area contributed by atoms with Gasteiger partial charge in [0, 0.05) is 6.54 Å². The van der Waals surface area contributed by atoms with Crippen LogP contribution in [0.15, 0.2) is 24.3 Å². The zero-order valence-electron chi connectivity index (χ0n) is 9.98. The Kier molecular flexibility index (Phi) is 3.43. The van der Waals surface area contributed by atoms with Crippen molar-refractivity contribution in [3.05, 3.63) is 35.7 Å². The van der Waals surface area contributed by atoms with Crippen molar-refractivity contribution in [2.75, 3.05) is 7.11 Å². The summed E-state index contributed by atoms with van der Waals surface area (Å²) in [5, 5.41) is 6.96. The van der Waals surface area contributed by atoms with E-state index in [1.54, 1.807) is 12.1 Å². The molecular weight excluding hydrogens is 261 g/mol. The van der Waals surface area contributed by atoms with Crippen LogP contribution in [-0.2, 0) is 12.7 Å². The van der Waals surface area contributed by atoms with Crippen molar-refractivity contribution in [2.24, 2.45) is 5.73 Å². The molecule has 2 N–H and O–H groups in total. The Bertz CT molecular complexity index is 562. The first kappa shape index (κ1) is 13.3. The van der Waals surface area contributed by atoms with Gasteiger partial charge in [-0.25, -0.2) is 4.68 Å². The predicted molar refractivity (Wildman–Crippen MR) is 60.8 cm³/mol. The van der Waals surface area contributed by atoms with Gasteiger partial charge >= 0.3 is 6.18 Å². The molecule has 0 aliphatic carbocycles. The highest BCUT2D eigenvalue weighted by Crippen LogP contribution is 2.32. The van der Waals surface area contributed by atoms with E-state index in [-0.39, 0.29) is 17.9 Å². The highest BCUT2D eigenvalue weighted by atomic mass is 19.4. The van der Waals surface area contributed by atoms with Crippen molar-refractivity contribution in [3.63, 3.8) is 0 Å². The molecule has 0 saturated carbocycles. The van der Waals surface area contributed by atoms with E-state index in [4.69, 9.17) is 10.5 Å². The van der Waals surface area contributed by atoms with Gasteiger partial charge in [0.2, 0.25) is 0 Å². The number of halogens is 3. The fraction of sp³-hybridized carbons (Fsp3) is 0.273. The molecule has 0 saturated heterocycles. The Balaban J connectivity index is 2.52. The zero-order valence-corrected chi connectivity index (χ0v) is 9.98. The van der Waals surface area contributed by atoms with Gasteiger partial charge in [-0.1, -0.05) is 5.21 Å². The Morgan fingerprint density at radius 1 is 1.26 bits per heavy atom. The summed E-state index contributed by atoms with van der Waals surface area (Å²) < 4.78 is 44.6. The van der Waals surface area contributed by atoms with Crippen LogP contribution in [0, 0.1) is 0 Å². The number of hydrogen-bond donors (Lipinski definition) is 1. The zero-order chi connectivity index (χ0) is 14.0. The quantitative estimate of drug-likeness (QED) is 0.924. The van der Waals surface area contributed by atoms with Crippen molar-refractivity contribution >= 4 is 0 Å². The molecule has 0 amide bonds. The third-order valence-electron chi connectivity index (χ3n) is 2.52. The van der Waals surface area contributed by atoms with E-state index in [1.807, 2.05) is 0 Å². The highest BCUT2D eigenvalue weighted by Gasteiger charge is 2.39. The summed E-state index contributed by atoms with van der Waals surface area (Å²) in [7, 11) is 1.47. The van der Waals surface area contributed by atoms with E-state index in [9.17, 15) is 13.2 Å². The molecule has 19 heavy (non-hydrogen) atoms. The minimum atomic E-state index is -4.57. The Labute approximate surface area is 106 Å². The van der Waals surface area contributed by atoms with E-state index in [1.165, 1.54) is 19.2 Å². The van der Waals surface area contributed by atoms with E-state index >= 15 is 0 Å². The Hall–Kier alpha value is -2.09. The maximum atomic E-state index is 13.0. The minimum Gasteiger partial charge on any atom is -0.497 e. The maximum absolute atomic E-state index is 13.0.